The SMILES string of the molecule is COc1ccc(COCC/C(=C/COC2CCCCO2)CO)cc1. The molecule has 1 aromatic carbocycles. The summed E-state index contributed by atoms with van der Waals surface area (Å²) in [4.78, 5) is 0. The summed E-state index contributed by atoms with van der Waals surface area (Å²) in [6.45, 7) is 2.40. The second-order valence-electron chi connectivity index (χ2n) is 5.80. The molecule has 1 atom stereocenters. The largest absolute Gasteiger partial charge is 0.497 e. The van der Waals surface area contributed by atoms with Gasteiger partial charge in [0.1, 0.15) is 5.75 Å². The van der Waals surface area contributed by atoms with E-state index in [2.05, 4.69) is 0 Å². The van der Waals surface area contributed by atoms with Crippen LogP contribution in [0.3, 0.4) is 0 Å². The lowest BCUT2D eigenvalue weighted by atomic mass is 10.2. The summed E-state index contributed by atoms with van der Waals surface area (Å²) in [5, 5.41) is 9.41. The Morgan fingerprint density at radius 2 is 2.12 bits per heavy atom. The molecule has 0 saturated carbocycles. The molecule has 1 N–H and O–H groups in total. The van der Waals surface area contributed by atoms with Gasteiger partial charge in [-0.05, 0) is 49.0 Å². The van der Waals surface area contributed by atoms with E-state index in [9.17, 15) is 5.11 Å². The second-order valence-corrected chi connectivity index (χ2v) is 5.80. The van der Waals surface area contributed by atoms with Gasteiger partial charge in [-0.1, -0.05) is 18.2 Å². The van der Waals surface area contributed by atoms with Gasteiger partial charge in [-0.3, -0.25) is 0 Å². The van der Waals surface area contributed by atoms with Crippen LogP contribution in [0.4, 0.5) is 0 Å². The number of benzene rings is 1. The van der Waals surface area contributed by atoms with Crippen LogP contribution in [0.1, 0.15) is 31.2 Å². The van der Waals surface area contributed by atoms with Gasteiger partial charge in [0.05, 0.1) is 33.5 Å². The van der Waals surface area contributed by atoms with Crippen LogP contribution in [0.25, 0.3) is 0 Å². The molecule has 1 aromatic rings. The molecule has 1 aliphatic rings. The summed E-state index contributed by atoms with van der Waals surface area (Å²) >= 11 is 0. The maximum absolute atomic E-state index is 9.41. The third-order valence-corrected chi connectivity index (χ3v) is 3.99. The molecule has 1 saturated heterocycles. The highest BCUT2D eigenvalue weighted by Gasteiger charge is 2.13. The minimum absolute atomic E-state index is 0.0286. The van der Waals surface area contributed by atoms with Crippen LogP contribution in [0.2, 0.25) is 0 Å². The van der Waals surface area contributed by atoms with E-state index in [0.29, 0.717) is 26.2 Å². The molecule has 2 rings (SSSR count). The molecule has 0 radical (unpaired) electrons. The van der Waals surface area contributed by atoms with Crippen molar-refractivity contribution in [2.75, 3.05) is 33.5 Å². The Balaban J connectivity index is 1.62. The average molecular weight is 336 g/mol. The summed E-state index contributed by atoms with van der Waals surface area (Å²) in [7, 11) is 1.65. The van der Waals surface area contributed by atoms with E-state index in [1.165, 1.54) is 0 Å². The number of rotatable bonds is 10. The smallest absolute Gasteiger partial charge is 0.157 e. The van der Waals surface area contributed by atoms with Crippen molar-refractivity contribution in [3.8, 4) is 5.75 Å². The zero-order valence-corrected chi connectivity index (χ0v) is 14.4. The maximum Gasteiger partial charge on any atom is 0.157 e. The van der Waals surface area contributed by atoms with Gasteiger partial charge in [0.25, 0.3) is 0 Å². The van der Waals surface area contributed by atoms with Gasteiger partial charge in [-0.15, -0.1) is 0 Å². The molecule has 5 heteroatoms. The van der Waals surface area contributed by atoms with E-state index < -0.39 is 0 Å². The van der Waals surface area contributed by atoms with Crippen LogP contribution < -0.4 is 4.74 Å². The number of ether oxygens (including phenoxy) is 4. The van der Waals surface area contributed by atoms with Gasteiger partial charge in [0.2, 0.25) is 0 Å². The molecule has 0 aromatic heterocycles. The van der Waals surface area contributed by atoms with Gasteiger partial charge in [-0.25, -0.2) is 0 Å². The van der Waals surface area contributed by atoms with Crippen LogP contribution in [0, 0.1) is 0 Å². The zero-order chi connectivity index (χ0) is 17.0. The normalized spacial score (nSPS) is 18.6. The third-order valence-electron chi connectivity index (χ3n) is 3.99. The first-order valence-electron chi connectivity index (χ1n) is 8.54. The lowest BCUT2D eigenvalue weighted by molar-refractivity contribution is -0.155. The third kappa shape index (κ3) is 7.01. The van der Waals surface area contributed by atoms with Gasteiger partial charge in [0, 0.05) is 6.61 Å². The number of hydrogen-bond donors (Lipinski definition) is 1. The van der Waals surface area contributed by atoms with Crippen LogP contribution in [-0.4, -0.2) is 44.9 Å². The molecule has 5 nitrogen and oxygen atoms in total. The highest BCUT2D eigenvalue weighted by molar-refractivity contribution is 5.26. The Bertz CT molecular complexity index is 477. The van der Waals surface area contributed by atoms with Crippen LogP contribution in [0.5, 0.6) is 5.75 Å². The van der Waals surface area contributed by atoms with Crippen molar-refractivity contribution >= 4 is 0 Å². The fourth-order valence-electron chi connectivity index (χ4n) is 2.48. The average Bonchev–Trinajstić information content (AvgIpc) is 2.65. The zero-order valence-electron chi connectivity index (χ0n) is 14.4. The van der Waals surface area contributed by atoms with Crippen molar-refractivity contribution in [2.45, 2.75) is 38.6 Å². The van der Waals surface area contributed by atoms with Crippen LogP contribution in [-0.2, 0) is 20.8 Å². The molecule has 1 aliphatic heterocycles. The Hall–Kier alpha value is -1.40. The molecular formula is C19H28O5. The number of aliphatic hydroxyl groups excluding tert-OH is 1. The van der Waals surface area contributed by atoms with Crippen molar-refractivity contribution in [1.29, 1.82) is 0 Å². The Morgan fingerprint density at radius 1 is 1.29 bits per heavy atom. The predicted octanol–water partition coefficient (Wildman–Crippen LogP) is 3.06. The fourth-order valence-corrected chi connectivity index (χ4v) is 2.48. The maximum atomic E-state index is 9.41. The summed E-state index contributed by atoms with van der Waals surface area (Å²) in [5.41, 5.74) is 2.03. The fraction of sp³-hybridized carbons (Fsp3) is 0.579. The van der Waals surface area contributed by atoms with E-state index >= 15 is 0 Å². The predicted molar refractivity (Wildman–Crippen MR) is 92.0 cm³/mol. The first-order valence-corrected chi connectivity index (χ1v) is 8.54. The van der Waals surface area contributed by atoms with E-state index in [1.54, 1.807) is 7.11 Å². The molecule has 1 heterocycles. The molecule has 0 amide bonds. The minimum Gasteiger partial charge on any atom is -0.497 e. The lowest BCUT2D eigenvalue weighted by Crippen LogP contribution is -2.22. The Labute approximate surface area is 144 Å². The van der Waals surface area contributed by atoms with Gasteiger partial charge in [-0.2, -0.15) is 0 Å². The molecule has 24 heavy (non-hydrogen) atoms. The Kier molecular flexibility index (Phi) is 8.84. The summed E-state index contributed by atoms with van der Waals surface area (Å²) in [6.07, 6.45) is 5.74. The van der Waals surface area contributed by atoms with E-state index in [1.807, 2.05) is 30.3 Å². The van der Waals surface area contributed by atoms with Crippen LogP contribution in [0.15, 0.2) is 35.9 Å². The topological polar surface area (TPSA) is 57.2 Å². The highest BCUT2D eigenvalue weighted by atomic mass is 16.7. The monoisotopic (exact) mass is 336 g/mol. The first-order chi connectivity index (χ1) is 11.8. The standard InChI is InChI=1S/C19H28O5/c1-21-18-7-5-17(6-8-18)15-22-12-9-16(14-20)10-13-24-19-4-2-3-11-23-19/h5-8,10,19-20H,2-4,9,11-15H2,1H3/b16-10-. The van der Waals surface area contributed by atoms with Crippen molar-refractivity contribution in [2.24, 2.45) is 0 Å². The number of aliphatic hydroxyl groups is 1. The summed E-state index contributed by atoms with van der Waals surface area (Å²) < 4.78 is 21.9. The molecule has 0 bridgehead atoms. The van der Waals surface area contributed by atoms with Crippen LogP contribution >= 0.6 is 0 Å². The van der Waals surface area contributed by atoms with Crippen molar-refractivity contribution < 1.29 is 24.1 Å². The Morgan fingerprint density at radius 3 is 2.79 bits per heavy atom. The molecule has 0 aliphatic carbocycles. The van der Waals surface area contributed by atoms with Gasteiger partial charge < -0.3 is 24.1 Å². The first kappa shape index (κ1) is 18.9. The number of hydrogen-bond acceptors (Lipinski definition) is 5. The summed E-state index contributed by atoms with van der Waals surface area (Å²) in [5.74, 6) is 0.839. The van der Waals surface area contributed by atoms with E-state index in [-0.39, 0.29) is 12.9 Å². The molecule has 1 fully saturated rings. The quantitative estimate of drug-likeness (QED) is 0.526. The van der Waals surface area contributed by atoms with Gasteiger partial charge >= 0.3 is 0 Å². The van der Waals surface area contributed by atoms with Crippen molar-refractivity contribution in [1.82, 2.24) is 0 Å². The highest BCUT2D eigenvalue weighted by Crippen LogP contribution is 2.14. The molecular weight excluding hydrogens is 308 g/mol. The lowest BCUT2D eigenvalue weighted by Gasteiger charge is -2.22. The van der Waals surface area contributed by atoms with Gasteiger partial charge in [0.15, 0.2) is 6.29 Å². The minimum atomic E-state index is -0.0961. The van der Waals surface area contributed by atoms with E-state index in [0.717, 1.165) is 42.8 Å². The molecule has 0 spiro atoms. The van der Waals surface area contributed by atoms with Crippen molar-refractivity contribution in [3.63, 3.8) is 0 Å². The molecule has 1 unspecified atom stereocenters. The second kappa shape index (κ2) is 11.2. The number of methoxy groups -OCH3 is 1. The van der Waals surface area contributed by atoms with E-state index in [4.69, 9.17) is 18.9 Å². The van der Waals surface area contributed by atoms with Crippen molar-refractivity contribution in [3.05, 3.63) is 41.5 Å². The summed E-state index contributed by atoms with van der Waals surface area (Å²) in [6, 6.07) is 7.81. The molecule has 134 valence electrons.